The molecule has 1 nitrogen and oxygen atoms in total. The lowest BCUT2D eigenvalue weighted by Crippen LogP contribution is -2.26. The molecule has 0 heterocycles. The normalized spacial score (nSPS) is 14.4. The highest BCUT2D eigenvalue weighted by molar-refractivity contribution is 4.79. The highest BCUT2D eigenvalue weighted by atomic mass is 15.3. The van der Waals surface area contributed by atoms with E-state index in [4.69, 9.17) is 0 Å². The first-order valence-electron chi connectivity index (χ1n) is 4.19. The predicted octanol–water partition coefficient (Wildman–Crippen LogP) is 2.64. The number of hydrogen-bond acceptors (Lipinski definition) is 0. The summed E-state index contributed by atoms with van der Waals surface area (Å²) in [6.07, 6.45) is 5.65. The molecule has 1 heteroatoms. The van der Waals surface area contributed by atoms with E-state index in [0.717, 1.165) is 10.9 Å². The molecule has 0 spiro atoms. The maximum Gasteiger partial charge on any atom is 0.0911 e. The van der Waals surface area contributed by atoms with Crippen molar-refractivity contribution in [3.63, 3.8) is 0 Å². The minimum atomic E-state index is 0.422. The second-order valence-corrected chi connectivity index (χ2v) is 5.27. The van der Waals surface area contributed by atoms with Crippen molar-refractivity contribution in [3.05, 3.63) is 12.3 Å². The summed E-state index contributed by atoms with van der Waals surface area (Å²) in [6, 6.07) is 0. The second kappa shape index (κ2) is 3.40. The first-order chi connectivity index (χ1) is 4.71. The van der Waals surface area contributed by atoms with E-state index in [1.54, 1.807) is 0 Å². The summed E-state index contributed by atoms with van der Waals surface area (Å²) in [5.74, 6) is 0. The molecule has 0 aliphatic rings. The molecule has 0 saturated heterocycles. The fraction of sp³-hybridized carbons (Fsp3) is 0.800. The van der Waals surface area contributed by atoms with Crippen LogP contribution >= 0.6 is 0 Å². The SMILES string of the molecule is CC(C)(C)CC=C[N+](C)(C)C. The molecule has 0 aromatic rings. The van der Waals surface area contributed by atoms with E-state index in [1.165, 1.54) is 0 Å². The molecule has 0 aromatic heterocycles. The van der Waals surface area contributed by atoms with E-state index >= 15 is 0 Å². The third kappa shape index (κ3) is 9.70. The molecule has 0 fully saturated rings. The topological polar surface area (TPSA) is 0 Å². The van der Waals surface area contributed by atoms with Crippen LogP contribution in [0.1, 0.15) is 27.2 Å². The van der Waals surface area contributed by atoms with Gasteiger partial charge >= 0.3 is 0 Å². The lowest BCUT2D eigenvalue weighted by Gasteiger charge is -2.19. The molecule has 0 atom stereocenters. The van der Waals surface area contributed by atoms with Gasteiger partial charge in [-0.25, -0.2) is 0 Å². The molecule has 0 bridgehead atoms. The number of quaternary nitrogens is 1. The maximum atomic E-state index is 2.26. The summed E-state index contributed by atoms with van der Waals surface area (Å²) in [4.78, 5) is 0. The molecule has 0 unspecified atom stereocenters. The summed E-state index contributed by atoms with van der Waals surface area (Å²) < 4.78 is 0.913. The van der Waals surface area contributed by atoms with Crippen LogP contribution in [0.15, 0.2) is 12.3 Å². The van der Waals surface area contributed by atoms with Crippen LogP contribution in [-0.2, 0) is 0 Å². The van der Waals surface area contributed by atoms with E-state index in [1.807, 2.05) is 0 Å². The third-order valence-corrected chi connectivity index (χ3v) is 1.28. The number of nitrogens with zero attached hydrogens (tertiary/aromatic N) is 1. The third-order valence-electron chi connectivity index (χ3n) is 1.28. The maximum absolute atomic E-state index is 2.26. The van der Waals surface area contributed by atoms with Crippen LogP contribution < -0.4 is 0 Å². The monoisotopic (exact) mass is 156 g/mol. The Morgan fingerprint density at radius 3 is 1.82 bits per heavy atom. The zero-order valence-electron chi connectivity index (χ0n) is 8.81. The van der Waals surface area contributed by atoms with Gasteiger partial charge in [0.15, 0.2) is 0 Å². The summed E-state index contributed by atoms with van der Waals surface area (Å²) in [7, 11) is 6.50. The van der Waals surface area contributed by atoms with Crippen molar-refractivity contribution in [1.82, 2.24) is 0 Å². The standard InChI is InChI=1S/C10H22N/c1-10(2,3)8-7-9-11(4,5)6/h7,9H,8H2,1-6H3/q+1. The molecule has 66 valence electrons. The van der Waals surface area contributed by atoms with E-state index in [9.17, 15) is 0 Å². The van der Waals surface area contributed by atoms with Crippen molar-refractivity contribution in [1.29, 1.82) is 0 Å². The van der Waals surface area contributed by atoms with Crippen molar-refractivity contribution in [2.45, 2.75) is 27.2 Å². The average Bonchev–Trinajstić information content (AvgIpc) is 1.55. The van der Waals surface area contributed by atoms with E-state index in [2.05, 4.69) is 54.2 Å². The van der Waals surface area contributed by atoms with E-state index in [0.29, 0.717) is 5.41 Å². The van der Waals surface area contributed by atoms with Crippen LogP contribution in [-0.4, -0.2) is 25.6 Å². The van der Waals surface area contributed by atoms with E-state index in [-0.39, 0.29) is 0 Å². The number of rotatable bonds is 2. The van der Waals surface area contributed by atoms with Crippen molar-refractivity contribution in [2.24, 2.45) is 5.41 Å². The molecule has 0 radical (unpaired) electrons. The van der Waals surface area contributed by atoms with Gasteiger partial charge in [0.2, 0.25) is 0 Å². The van der Waals surface area contributed by atoms with Crippen LogP contribution in [0.3, 0.4) is 0 Å². The summed E-state index contributed by atoms with van der Waals surface area (Å²) in [5, 5.41) is 0. The van der Waals surface area contributed by atoms with Gasteiger partial charge in [-0.1, -0.05) is 20.8 Å². The van der Waals surface area contributed by atoms with Crippen molar-refractivity contribution in [2.75, 3.05) is 21.1 Å². The summed E-state index contributed by atoms with van der Waals surface area (Å²) in [5.41, 5.74) is 0.422. The molecule has 0 amide bonds. The highest BCUT2D eigenvalue weighted by Crippen LogP contribution is 2.18. The molecule has 0 aliphatic heterocycles. The number of hydrogen-bond donors (Lipinski definition) is 0. The molecule has 0 aromatic carbocycles. The average molecular weight is 156 g/mol. The molecule has 0 saturated carbocycles. The zero-order chi connectivity index (χ0) is 9.12. The second-order valence-electron chi connectivity index (χ2n) is 5.27. The van der Waals surface area contributed by atoms with Crippen LogP contribution in [0.25, 0.3) is 0 Å². The van der Waals surface area contributed by atoms with Crippen LogP contribution in [0, 0.1) is 5.41 Å². The van der Waals surface area contributed by atoms with Gasteiger partial charge in [-0.3, -0.25) is 0 Å². The van der Waals surface area contributed by atoms with Gasteiger partial charge in [0.25, 0.3) is 0 Å². The summed E-state index contributed by atoms with van der Waals surface area (Å²) >= 11 is 0. The Labute approximate surface area is 71.3 Å². The Hall–Kier alpha value is -0.300. The minimum absolute atomic E-state index is 0.422. The van der Waals surface area contributed by atoms with Gasteiger partial charge in [0.1, 0.15) is 0 Å². The lowest BCUT2D eigenvalue weighted by molar-refractivity contribution is -0.817. The van der Waals surface area contributed by atoms with Gasteiger partial charge < -0.3 is 4.48 Å². The van der Waals surface area contributed by atoms with Crippen LogP contribution in [0.5, 0.6) is 0 Å². The quantitative estimate of drug-likeness (QED) is 0.539. The Balaban J connectivity index is 3.80. The lowest BCUT2D eigenvalue weighted by atomic mass is 9.92. The van der Waals surface area contributed by atoms with Crippen molar-refractivity contribution in [3.8, 4) is 0 Å². The Morgan fingerprint density at radius 2 is 1.55 bits per heavy atom. The van der Waals surface area contributed by atoms with Crippen molar-refractivity contribution >= 4 is 0 Å². The van der Waals surface area contributed by atoms with Gasteiger partial charge in [-0.05, 0) is 17.9 Å². The fourth-order valence-electron chi connectivity index (χ4n) is 0.722. The molecule has 0 aliphatic carbocycles. The first kappa shape index (κ1) is 10.7. The van der Waals surface area contributed by atoms with E-state index < -0.39 is 0 Å². The van der Waals surface area contributed by atoms with Crippen molar-refractivity contribution < 1.29 is 4.48 Å². The predicted molar refractivity (Wildman–Crippen MR) is 51.2 cm³/mol. The molecular weight excluding hydrogens is 134 g/mol. The minimum Gasteiger partial charge on any atom is -0.305 e. The van der Waals surface area contributed by atoms with Gasteiger partial charge in [0.05, 0.1) is 27.3 Å². The van der Waals surface area contributed by atoms with Gasteiger partial charge in [-0.2, -0.15) is 0 Å². The van der Waals surface area contributed by atoms with Crippen LogP contribution in [0.2, 0.25) is 0 Å². The zero-order valence-corrected chi connectivity index (χ0v) is 8.81. The molecule has 11 heavy (non-hydrogen) atoms. The largest absolute Gasteiger partial charge is 0.305 e. The molecular formula is C10H22N+. The Kier molecular flexibility index (Phi) is 3.30. The first-order valence-corrected chi connectivity index (χ1v) is 4.19. The highest BCUT2D eigenvalue weighted by Gasteiger charge is 2.08. The fourth-order valence-corrected chi connectivity index (χ4v) is 0.722. The van der Waals surface area contributed by atoms with Crippen LogP contribution in [0.4, 0.5) is 0 Å². The summed E-state index contributed by atoms with van der Waals surface area (Å²) in [6.45, 7) is 6.77. The smallest absolute Gasteiger partial charge is 0.0911 e. The molecule has 0 rings (SSSR count). The number of allylic oxidation sites excluding steroid dienone is 1. The molecule has 0 N–H and O–H groups in total. The Morgan fingerprint density at radius 1 is 1.09 bits per heavy atom. The Bertz CT molecular complexity index is 132. The van der Waals surface area contributed by atoms with Gasteiger partial charge in [-0.15, -0.1) is 0 Å². The van der Waals surface area contributed by atoms with Gasteiger partial charge in [0, 0.05) is 0 Å².